The van der Waals surface area contributed by atoms with Gasteiger partial charge < -0.3 is 20.5 Å². The second-order valence-corrected chi connectivity index (χ2v) is 9.31. The molecule has 0 unspecified atom stereocenters. The molecule has 0 spiro atoms. The summed E-state index contributed by atoms with van der Waals surface area (Å²) in [6, 6.07) is 0.233. The second kappa shape index (κ2) is 6.35. The smallest absolute Gasteiger partial charge is 0.353 e. The normalized spacial score (nSPS) is 36.2. The number of nitrogens with zero attached hydrogens (tertiary/aromatic N) is 2. The van der Waals surface area contributed by atoms with Gasteiger partial charge in [-0.2, -0.15) is 0 Å². The highest BCUT2D eigenvalue weighted by atomic mass is 32.2. The van der Waals surface area contributed by atoms with E-state index in [1.807, 2.05) is 6.92 Å². The highest BCUT2D eigenvalue weighted by Gasteiger charge is 2.60. The van der Waals surface area contributed by atoms with E-state index >= 15 is 0 Å². The molecule has 0 bridgehead atoms. The first-order valence-electron chi connectivity index (χ1n) is 9.25. The SMILES string of the molecule is C[C@@H](O)[C@H]1C(=O)N2C(C(=O)O)=C(SC3CN([C@@H]4CCC(=N)C4)C3)[C@H](C)[C@H]12. The highest BCUT2D eigenvalue weighted by molar-refractivity contribution is 8.03. The van der Waals surface area contributed by atoms with Crippen molar-refractivity contribution in [2.45, 2.75) is 56.5 Å². The molecule has 5 atom stereocenters. The summed E-state index contributed by atoms with van der Waals surface area (Å²) in [4.78, 5) is 28.7. The number of hydrogen-bond acceptors (Lipinski definition) is 6. The molecule has 0 aromatic carbocycles. The monoisotopic (exact) mass is 379 g/mol. The number of nitrogens with one attached hydrogen (secondary N) is 1. The van der Waals surface area contributed by atoms with Crippen LogP contribution in [0.2, 0.25) is 0 Å². The van der Waals surface area contributed by atoms with Gasteiger partial charge in [0.2, 0.25) is 5.91 Å². The summed E-state index contributed by atoms with van der Waals surface area (Å²) in [6.45, 7) is 5.38. The number of carbonyl (C=O) groups excluding carboxylic acids is 1. The van der Waals surface area contributed by atoms with Crippen molar-refractivity contribution in [3.05, 3.63) is 10.6 Å². The Kier molecular flexibility index (Phi) is 4.40. The lowest BCUT2D eigenvalue weighted by atomic mass is 9.79. The number of thioether (sulfide) groups is 1. The van der Waals surface area contributed by atoms with Gasteiger partial charge in [0.25, 0.3) is 0 Å². The zero-order valence-corrected chi connectivity index (χ0v) is 15.8. The molecule has 26 heavy (non-hydrogen) atoms. The van der Waals surface area contributed by atoms with Gasteiger partial charge in [0.15, 0.2) is 0 Å². The number of hydrogen-bond donors (Lipinski definition) is 3. The summed E-state index contributed by atoms with van der Waals surface area (Å²) in [7, 11) is 0. The van der Waals surface area contributed by atoms with Crippen molar-refractivity contribution < 1.29 is 19.8 Å². The van der Waals surface area contributed by atoms with Gasteiger partial charge in [-0.15, -0.1) is 11.8 Å². The summed E-state index contributed by atoms with van der Waals surface area (Å²) in [5, 5.41) is 27.6. The van der Waals surface area contributed by atoms with Crippen LogP contribution in [0.25, 0.3) is 0 Å². The van der Waals surface area contributed by atoms with E-state index in [2.05, 4.69) is 4.90 Å². The molecule has 0 radical (unpaired) electrons. The molecule has 1 aliphatic carbocycles. The number of aliphatic hydroxyl groups is 1. The number of fused-ring (bicyclic) bond motifs is 1. The topological polar surface area (TPSA) is 105 Å². The predicted molar refractivity (Wildman–Crippen MR) is 97.9 cm³/mol. The Morgan fingerprint density at radius 1 is 1.38 bits per heavy atom. The maximum atomic E-state index is 12.3. The van der Waals surface area contributed by atoms with Crippen molar-refractivity contribution in [1.82, 2.24) is 9.80 Å². The minimum atomic E-state index is -1.06. The van der Waals surface area contributed by atoms with Gasteiger partial charge in [0.05, 0.1) is 18.1 Å². The Balaban J connectivity index is 1.45. The zero-order chi connectivity index (χ0) is 18.7. The first kappa shape index (κ1) is 18.0. The van der Waals surface area contributed by atoms with Crippen LogP contribution in [0, 0.1) is 17.2 Å². The van der Waals surface area contributed by atoms with Crippen LogP contribution in [0.4, 0.5) is 0 Å². The minimum Gasteiger partial charge on any atom is -0.477 e. The molecule has 0 aromatic rings. The number of carboxylic acid groups (broad SMARTS) is 1. The number of rotatable bonds is 5. The van der Waals surface area contributed by atoms with E-state index in [0.717, 1.165) is 43.0 Å². The Morgan fingerprint density at radius 2 is 2.08 bits per heavy atom. The minimum absolute atomic E-state index is 0.0582. The third kappa shape index (κ3) is 2.61. The lowest BCUT2D eigenvalue weighted by Crippen LogP contribution is -2.63. The van der Waals surface area contributed by atoms with E-state index in [1.54, 1.807) is 18.7 Å². The van der Waals surface area contributed by atoms with Crippen molar-refractivity contribution in [3.8, 4) is 0 Å². The number of carbonyl (C=O) groups is 2. The number of aliphatic hydroxyl groups excluding tert-OH is 1. The van der Waals surface area contributed by atoms with Gasteiger partial charge in [-0.05, 0) is 19.8 Å². The number of aliphatic carboxylic acids is 1. The number of likely N-dealkylation sites (tertiary alicyclic amines) is 1. The van der Waals surface area contributed by atoms with Gasteiger partial charge in [0.1, 0.15) is 5.70 Å². The molecular weight excluding hydrogens is 354 g/mol. The quantitative estimate of drug-likeness (QED) is 0.619. The van der Waals surface area contributed by atoms with Crippen LogP contribution in [0.1, 0.15) is 33.1 Å². The first-order chi connectivity index (χ1) is 12.3. The van der Waals surface area contributed by atoms with Crippen molar-refractivity contribution in [2.75, 3.05) is 13.1 Å². The van der Waals surface area contributed by atoms with Crippen molar-refractivity contribution in [2.24, 2.45) is 11.8 Å². The van der Waals surface area contributed by atoms with Gasteiger partial charge in [-0.1, -0.05) is 6.92 Å². The van der Waals surface area contributed by atoms with Gasteiger partial charge in [-0.25, -0.2) is 4.79 Å². The molecule has 2 saturated heterocycles. The fraction of sp³-hybridized carbons (Fsp3) is 0.722. The highest BCUT2D eigenvalue weighted by Crippen LogP contribution is 2.52. The lowest BCUT2D eigenvalue weighted by Gasteiger charge is -2.46. The van der Waals surface area contributed by atoms with Gasteiger partial charge in [0, 0.05) is 47.3 Å². The number of carboxylic acids is 1. The average molecular weight is 379 g/mol. The van der Waals surface area contributed by atoms with Crippen LogP contribution in [-0.2, 0) is 9.59 Å². The molecule has 142 valence electrons. The maximum absolute atomic E-state index is 12.3. The van der Waals surface area contributed by atoms with E-state index in [9.17, 15) is 19.8 Å². The lowest BCUT2D eigenvalue weighted by molar-refractivity contribution is -0.163. The van der Waals surface area contributed by atoms with E-state index < -0.39 is 18.0 Å². The molecular formula is C18H25N3O4S. The molecule has 0 aromatic heterocycles. The molecule has 1 saturated carbocycles. The van der Waals surface area contributed by atoms with Crippen LogP contribution in [0.3, 0.4) is 0 Å². The second-order valence-electron chi connectivity index (χ2n) is 7.97. The fourth-order valence-corrected chi connectivity index (χ4v) is 6.38. The van der Waals surface area contributed by atoms with Crippen LogP contribution in [0.5, 0.6) is 0 Å². The summed E-state index contributed by atoms with van der Waals surface area (Å²) in [5.41, 5.74) is 0.953. The number of β-lactam (4-membered cyclic amide) rings is 1. The maximum Gasteiger partial charge on any atom is 0.353 e. The van der Waals surface area contributed by atoms with E-state index in [-0.39, 0.29) is 23.6 Å². The Labute approximate surface area is 156 Å². The third-order valence-electron chi connectivity index (χ3n) is 6.26. The van der Waals surface area contributed by atoms with Crippen molar-refractivity contribution in [3.63, 3.8) is 0 Å². The summed E-state index contributed by atoms with van der Waals surface area (Å²) >= 11 is 1.59. The fourth-order valence-electron chi connectivity index (χ4n) is 4.84. The molecule has 7 nitrogen and oxygen atoms in total. The van der Waals surface area contributed by atoms with Crippen molar-refractivity contribution >= 4 is 29.4 Å². The van der Waals surface area contributed by atoms with Crippen molar-refractivity contribution in [1.29, 1.82) is 5.41 Å². The summed E-state index contributed by atoms with van der Waals surface area (Å²) in [5.74, 6) is -1.89. The zero-order valence-electron chi connectivity index (χ0n) is 15.0. The third-order valence-corrected chi connectivity index (χ3v) is 7.71. The molecule has 3 heterocycles. The van der Waals surface area contributed by atoms with Crippen LogP contribution < -0.4 is 0 Å². The van der Waals surface area contributed by atoms with E-state index in [4.69, 9.17) is 5.41 Å². The molecule has 4 rings (SSSR count). The molecule has 3 aliphatic heterocycles. The molecule has 4 aliphatic rings. The number of amides is 1. The molecule has 1 amide bonds. The Hall–Kier alpha value is -1.38. The van der Waals surface area contributed by atoms with Crippen LogP contribution >= 0.6 is 11.8 Å². The van der Waals surface area contributed by atoms with E-state index in [0.29, 0.717) is 11.3 Å². The van der Waals surface area contributed by atoms with Crippen LogP contribution in [0.15, 0.2) is 10.6 Å². The van der Waals surface area contributed by atoms with Gasteiger partial charge >= 0.3 is 5.97 Å². The predicted octanol–water partition coefficient (Wildman–Crippen LogP) is 1.13. The van der Waals surface area contributed by atoms with Gasteiger partial charge in [-0.3, -0.25) is 9.69 Å². The molecule has 3 N–H and O–H groups in total. The Morgan fingerprint density at radius 3 is 2.62 bits per heavy atom. The average Bonchev–Trinajstić information content (AvgIpc) is 3.03. The summed E-state index contributed by atoms with van der Waals surface area (Å²) < 4.78 is 0. The standard InChI is InChI=1S/C18H25N3O4S/c1-8-14-13(9(2)22)17(23)21(14)15(18(24)25)16(8)26-12-6-20(7-12)11-4-3-10(19)5-11/h8-9,11-14,19,22H,3-7H2,1-2H3,(H,24,25)/t8-,9-,11-,13-,14-/m1/s1. The van der Waals surface area contributed by atoms with Crippen LogP contribution in [-0.4, -0.2) is 74.1 Å². The summed E-state index contributed by atoms with van der Waals surface area (Å²) in [6.07, 6.45) is 2.04. The Bertz CT molecular complexity index is 701. The molecule has 8 heteroatoms. The van der Waals surface area contributed by atoms with E-state index in [1.165, 1.54) is 4.90 Å². The first-order valence-corrected chi connectivity index (χ1v) is 10.1. The molecule has 3 fully saturated rings. The largest absolute Gasteiger partial charge is 0.477 e.